The maximum absolute atomic E-state index is 5.34. The Balaban J connectivity index is 1.20. The zero-order chi connectivity index (χ0) is 30.1. The standard InChI is InChI=1S/C43H30N2/c1-43(2)36-15-6-5-13-35(36)42-40(43)38(39-33-12-4-3-9-29(33)24-25-37(39)45-42)31-22-18-28(19-23-31)27-16-20-30(21-17-27)34-14-7-10-32-11-8-26-44-41(32)34/h3-26H,1-2H3. The van der Waals surface area contributed by atoms with E-state index in [0.717, 1.165) is 27.7 Å². The van der Waals surface area contributed by atoms with Crippen LogP contribution in [-0.4, -0.2) is 9.97 Å². The van der Waals surface area contributed by atoms with Crippen molar-refractivity contribution in [3.8, 4) is 44.6 Å². The summed E-state index contributed by atoms with van der Waals surface area (Å²) < 4.78 is 0. The van der Waals surface area contributed by atoms with E-state index in [1.165, 1.54) is 60.7 Å². The summed E-state index contributed by atoms with van der Waals surface area (Å²) >= 11 is 0. The number of hydrogen-bond donors (Lipinski definition) is 0. The van der Waals surface area contributed by atoms with Crippen LogP contribution >= 0.6 is 0 Å². The molecule has 212 valence electrons. The maximum atomic E-state index is 5.34. The second-order valence-electron chi connectivity index (χ2n) is 12.6. The van der Waals surface area contributed by atoms with Crippen LogP contribution in [0.5, 0.6) is 0 Å². The Bertz CT molecular complexity index is 2430. The molecule has 0 spiro atoms. The zero-order valence-electron chi connectivity index (χ0n) is 25.3. The van der Waals surface area contributed by atoms with Crippen molar-refractivity contribution in [2.45, 2.75) is 19.3 Å². The fraction of sp³-hybridized carbons (Fsp3) is 0.0698. The molecule has 9 rings (SSSR count). The van der Waals surface area contributed by atoms with Gasteiger partial charge in [0.05, 0.1) is 16.7 Å². The van der Waals surface area contributed by atoms with Gasteiger partial charge in [-0.15, -0.1) is 0 Å². The molecule has 0 saturated carbocycles. The van der Waals surface area contributed by atoms with Crippen LogP contribution in [0.2, 0.25) is 0 Å². The quantitative estimate of drug-likeness (QED) is 0.196. The molecule has 8 aromatic rings. The SMILES string of the molecule is CC1(C)c2ccccc2-c2nc3ccc4ccccc4c3c(-c3ccc(-c4ccc(-c5cccc6cccnc56)cc4)cc3)c21. The number of pyridine rings is 2. The third-order valence-corrected chi connectivity index (χ3v) is 9.69. The highest BCUT2D eigenvalue weighted by molar-refractivity contribution is 6.15. The largest absolute Gasteiger partial charge is 0.256 e. The van der Waals surface area contributed by atoms with Crippen LogP contribution in [-0.2, 0) is 5.41 Å². The first kappa shape index (κ1) is 25.9. The number of fused-ring (bicyclic) bond motifs is 7. The van der Waals surface area contributed by atoms with Crippen molar-refractivity contribution < 1.29 is 0 Å². The molecule has 2 heteroatoms. The lowest BCUT2D eigenvalue weighted by molar-refractivity contribution is 0.662. The highest BCUT2D eigenvalue weighted by Gasteiger charge is 2.39. The van der Waals surface area contributed by atoms with Crippen molar-refractivity contribution in [3.63, 3.8) is 0 Å². The summed E-state index contributed by atoms with van der Waals surface area (Å²) in [6.45, 7) is 4.70. The third kappa shape index (κ3) is 3.89. The maximum Gasteiger partial charge on any atom is 0.0780 e. The molecule has 0 aliphatic heterocycles. The normalized spacial score (nSPS) is 13.3. The zero-order valence-corrected chi connectivity index (χ0v) is 25.3. The Morgan fingerprint density at radius 3 is 1.98 bits per heavy atom. The lowest BCUT2D eigenvalue weighted by atomic mass is 9.78. The molecule has 2 nitrogen and oxygen atoms in total. The van der Waals surface area contributed by atoms with E-state index in [2.05, 4.69) is 152 Å². The molecule has 0 amide bonds. The van der Waals surface area contributed by atoms with Gasteiger partial charge in [-0.1, -0.05) is 141 Å². The monoisotopic (exact) mass is 574 g/mol. The second kappa shape index (κ2) is 9.70. The van der Waals surface area contributed by atoms with Crippen LogP contribution in [0.4, 0.5) is 0 Å². The molecule has 0 unspecified atom stereocenters. The minimum Gasteiger partial charge on any atom is -0.256 e. The summed E-state index contributed by atoms with van der Waals surface area (Å²) in [4.78, 5) is 10.0. The predicted octanol–water partition coefficient (Wildman–Crippen LogP) is 11.2. The molecule has 0 bridgehead atoms. The fourth-order valence-electron chi connectivity index (χ4n) is 7.51. The van der Waals surface area contributed by atoms with Crippen LogP contribution in [0, 0.1) is 0 Å². The summed E-state index contributed by atoms with van der Waals surface area (Å²) in [6.07, 6.45) is 1.87. The molecule has 6 aromatic carbocycles. The number of rotatable bonds is 3. The minimum absolute atomic E-state index is 0.176. The van der Waals surface area contributed by atoms with Gasteiger partial charge in [0.1, 0.15) is 0 Å². The van der Waals surface area contributed by atoms with E-state index in [4.69, 9.17) is 4.98 Å². The molecule has 45 heavy (non-hydrogen) atoms. The van der Waals surface area contributed by atoms with Gasteiger partial charge < -0.3 is 0 Å². The van der Waals surface area contributed by atoms with Crippen LogP contribution in [0.15, 0.2) is 146 Å². The first-order valence-corrected chi connectivity index (χ1v) is 15.6. The number of hydrogen-bond acceptors (Lipinski definition) is 2. The predicted molar refractivity (Wildman–Crippen MR) is 188 cm³/mol. The number of nitrogens with zero attached hydrogens (tertiary/aromatic N) is 2. The topological polar surface area (TPSA) is 25.8 Å². The van der Waals surface area contributed by atoms with Gasteiger partial charge in [-0.3, -0.25) is 4.98 Å². The average Bonchev–Trinajstić information content (AvgIpc) is 3.33. The van der Waals surface area contributed by atoms with Gasteiger partial charge in [0.2, 0.25) is 0 Å². The number of benzene rings is 6. The number of aromatic nitrogens is 2. The van der Waals surface area contributed by atoms with E-state index >= 15 is 0 Å². The van der Waals surface area contributed by atoms with Gasteiger partial charge >= 0.3 is 0 Å². The third-order valence-electron chi connectivity index (χ3n) is 9.69. The smallest absolute Gasteiger partial charge is 0.0780 e. The number of para-hydroxylation sites is 1. The van der Waals surface area contributed by atoms with Gasteiger partial charge in [-0.05, 0) is 61.8 Å². The van der Waals surface area contributed by atoms with Gasteiger partial charge in [-0.25, -0.2) is 4.98 Å². The van der Waals surface area contributed by atoms with Crippen LogP contribution in [0.25, 0.3) is 77.2 Å². The van der Waals surface area contributed by atoms with Gasteiger partial charge in [0.25, 0.3) is 0 Å². The summed E-state index contributed by atoms with van der Waals surface area (Å²) in [5.41, 5.74) is 14.1. The van der Waals surface area contributed by atoms with Crippen molar-refractivity contribution in [2.24, 2.45) is 0 Å². The van der Waals surface area contributed by atoms with Crippen molar-refractivity contribution in [1.82, 2.24) is 9.97 Å². The van der Waals surface area contributed by atoms with Crippen LogP contribution in [0.1, 0.15) is 25.0 Å². The van der Waals surface area contributed by atoms with Crippen LogP contribution < -0.4 is 0 Å². The van der Waals surface area contributed by atoms with Gasteiger partial charge in [-0.2, -0.15) is 0 Å². The summed E-state index contributed by atoms with van der Waals surface area (Å²) in [6, 6.07) is 50.3. The lowest BCUT2D eigenvalue weighted by Crippen LogP contribution is -2.16. The van der Waals surface area contributed by atoms with Gasteiger partial charge in [0, 0.05) is 33.5 Å². The van der Waals surface area contributed by atoms with E-state index in [9.17, 15) is 0 Å². The van der Waals surface area contributed by atoms with Crippen molar-refractivity contribution >= 4 is 32.6 Å². The minimum atomic E-state index is -0.176. The molecule has 0 atom stereocenters. The van der Waals surface area contributed by atoms with E-state index in [-0.39, 0.29) is 5.41 Å². The molecule has 0 fully saturated rings. The van der Waals surface area contributed by atoms with E-state index in [1.807, 2.05) is 12.3 Å². The highest BCUT2D eigenvalue weighted by Crippen LogP contribution is 2.54. The van der Waals surface area contributed by atoms with Crippen molar-refractivity contribution in [3.05, 3.63) is 157 Å². The molecule has 1 aliphatic carbocycles. The Labute approximate surface area is 262 Å². The summed E-state index contributed by atoms with van der Waals surface area (Å²) in [5, 5.41) is 4.87. The van der Waals surface area contributed by atoms with E-state index in [0.29, 0.717) is 0 Å². The van der Waals surface area contributed by atoms with E-state index in [1.54, 1.807) is 0 Å². The molecule has 0 N–H and O–H groups in total. The highest BCUT2D eigenvalue weighted by atomic mass is 14.7. The average molecular weight is 575 g/mol. The fourth-order valence-corrected chi connectivity index (χ4v) is 7.51. The lowest BCUT2D eigenvalue weighted by Gasteiger charge is -2.25. The summed E-state index contributed by atoms with van der Waals surface area (Å²) in [7, 11) is 0. The molecule has 1 aliphatic rings. The molecule has 2 heterocycles. The molecule has 2 aromatic heterocycles. The first-order valence-electron chi connectivity index (χ1n) is 15.6. The molecule has 0 saturated heterocycles. The Hall–Kier alpha value is -5.60. The Morgan fingerprint density at radius 1 is 0.511 bits per heavy atom. The Kier molecular flexibility index (Phi) is 5.58. The first-order chi connectivity index (χ1) is 22.1. The molecular formula is C43H30N2. The Morgan fingerprint density at radius 2 is 1.16 bits per heavy atom. The van der Waals surface area contributed by atoms with Crippen LogP contribution in [0.3, 0.4) is 0 Å². The molecule has 0 radical (unpaired) electrons. The van der Waals surface area contributed by atoms with Crippen molar-refractivity contribution in [1.29, 1.82) is 0 Å². The van der Waals surface area contributed by atoms with Crippen molar-refractivity contribution in [2.75, 3.05) is 0 Å². The second-order valence-corrected chi connectivity index (χ2v) is 12.6. The summed E-state index contributed by atoms with van der Waals surface area (Å²) in [5.74, 6) is 0. The van der Waals surface area contributed by atoms with Gasteiger partial charge in [0.15, 0.2) is 0 Å². The molecular weight excluding hydrogens is 544 g/mol. The van der Waals surface area contributed by atoms with E-state index < -0.39 is 0 Å².